The van der Waals surface area contributed by atoms with E-state index in [0.29, 0.717) is 6.54 Å². The number of aliphatic hydroxyl groups excluding tert-OH is 1. The van der Waals surface area contributed by atoms with Crippen LogP contribution in [0.25, 0.3) is 0 Å². The minimum Gasteiger partial charge on any atom is -0.389 e. The topological polar surface area (TPSA) is 61.8 Å². The number of carbonyl (C=O) groups excluding carboxylic acids is 1. The summed E-state index contributed by atoms with van der Waals surface area (Å²) >= 11 is 0. The maximum atomic E-state index is 12.6. The molecular formula is C28H34N2O3. The molecule has 1 atom stereocenters. The second-order valence-corrected chi connectivity index (χ2v) is 8.71. The van der Waals surface area contributed by atoms with E-state index in [9.17, 15) is 9.90 Å². The van der Waals surface area contributed by atoms with Crippen molar-refractivity contribution in [2.45, 2.75) is 33.0 Å². The molecule has 0 bridgehead atoms. The number of ether oxygens (including phenoxy) is 1. The first-order valence-corrected chi connectivity index (χ1v) is 11.3. The van der Waals surface area contributed by atoms with E-state index in [4.69, 9.17) is 4.74 Å². The third-order valence-electron chi connectivity index (χ3n) is 5.54. The lowest BCUT2D eigenvalue weighted by atomic mass is 10.0. The van der Waals surface area contributed by atoms with Crippen LogP contribution in [-0.4, -0.2) is 48.8 Å². The molecule has 0 aliphatic carbocycles. The summed E-state index contributed by atoms with van der Waals surface area (Å²) in [6, 6.07) is 24.1. The molecule has 33 heavy (non-hydrogen) atoms. The Morgan fingerprint density at radius 2 is 1.45 bits per heavy atom. The molecule has 3 aromatic rings. The van der Waals surface area contributed by atoms with Crippen molar-refractivity contribution in [3.63, 3.8) is 0 Å². The second kappa shape index (κ2) is 11.8. The smallest absolute Gasteiger partial charge is 0.238 e. The Morgan fingerprint density at radius 1 is 0.939 bits per heavy atom. The van der Waals surface area contributed by atoms with E-state index in [1.54, 1.807) is 0 Å². The first-order chi connectivity index (χ1) is 15.8. The number of rotatable bonds is 10. The van der Waals surface area contributed by atoms with Gasteiger partial charge in [0.1, 0.15) is 6.10 Å². The first kappa shape index (κ1) is 24.6. The Morgan fingerprint density at radius 3 is 1.97 bits per heavy atom. The molecule has 5 heteroatoms. The van der Waals surface area contributed by atoms with Crippen LogP contribution in [0.15, 0.2) is 72.8 Å². The van der Waals surface area contributed by atoms with Crippen LogP contribution in [-0.2, 0) is 9.53 Å². The van der Waals surface area contributed by atoms with Crippen LogP contribution in [0.2, 0.25) is 0 Å². The highest BCUT2D eigenvalue weighted by molar-refractivity contribution is 5.93. The predicted molar refractivity (Wildman–Crippen MR) is 133 cm³/mol. The standard InChI is InChI=1S/C28H34N2O3/c1-20-15-21(2)27(22(3)16-20)29-26(32)18-30(4)17-25(31)19-33-28(23-11-7-5-8-12-23)24-13-9-6-10-14-24/h5-16,25,28,31H,17-19H2,1-4H3,(H,29,32). The lowest BCUT2D eigenvalue weighted by Gasteiger charge is -2.24. The Balaban J connectivity index is 1.54. The van der Waals surface area contributed by atoms with Crippen LogP contribution in [0.4, 0.5) is 5.69 Å². The maximum Gasteiger partial charge on any atom is 0.238 e. The van der Waals surface area contributed by atoms with Crippen molar-refractivity contribution < 1.29 is 14.6 Å². The summed E-state index contributed by atoms with van der Waals surface area (Å²) in [4.78, 5) is 14.4. The normalized spacial score (nSPS) is 12.2. The van der Waals surface area contributed by atoms with E-state index in [2.05, 4.69) is 17.4 Å². The van der Waals surface area contributed by atoms with Gasteiger partial charge in [-0.2, -0.15) is 0 Å². The van der Waals surface area contributed by atoms with Crippen LogP contribution >= 0.6 is 0 Å². The first-order valence-electron chi connectivity index (χ1n) is 11.3. The van der Waals surface area contributed by atoms with E-state index in [1.807, 2.05) is 93.4 Å². The quantitative estimate of drug-likeness (QED) is 0.476. The summed E-state index contributed by atoms with van der Waals surface area (Å²) in [7, 11) is 1.82. The lowest BCUT2D eigenvalue weighted by molar-refractivity contribution is -0.117. The lowest BCUT2D eigenvalue weighted by Crippen LogP contribution is -2.37. The number of benzene rings is 3. The Labute approximate surface area is 197 Å². The molecule has 3 aromatic carbocycles. The fraction of sp³-hybridized carbons (Fsp3) is 0.321. The number of hydrogen-bond acceptors (Lipinski definition) is 4. The number of amides is 1. The highest BCUT2D eigenvalue weighted by atomic mass is 16.5. The molecule has 0 radical (unpaired) electrons. The highest BCUT2D eigenvalue weighted by Crippen LogP contribution is 2.26. The molecule has 0 saturated heterocycles. The monoisotopic (exact) mass is 446 g/mol. The van der Waals surface area contributed by atoms with Crippen LogP contribution in [0.3, 0.4) is 0 Å². The van der Waals surface area contributed by atoms with E-state index in [1.165, 1.54) is 5.56 Å². The minimum atomic E-state index is -0.722. The van der Waals surface area contributed by atoms with Gasteiger partial charge in [-0.05, 0) is 50.1 Å². The zero-order chi connectivity index (χ0) is 23.8. The average Bonchev–Trinajstić information content (AvgIpc) is 2.77. The van der Waals surface area contributed by atoms with Crippen LogP contribution < -0.4 is 5.32 Å². The minimum absolute atomic E-state index is 0.105. The summed E-state index contributed by atoms with van der Waals surface area (Å²) in [5.41, 5.74) is 6.19. The molecule has 2 N–H and O–H groups in total. The molecule has 1 amide bonds. The van der Waals surface area contributed by atoms with Gasteiger partial charge in [-0.25, -0.2) is 0 Å². The van der Waals surface area contributed by atoms with Crippen LogP contribution in [0, 0.1) is 20.8 Å². The summed E-state index contributed by atoms with van der Waals surface area (Å²) < 4.78 is 6.14. The van der Waals surface area contributed by atoms with Crippen molar-refractivity contribution in [1.29, 1.82) is 0 Å². The fourth-order valence-electron chi connectivity index (χ4n) is 4.13. The largest absolute Gasteiger partial charge is 0.389 e. The zero-order valence-corrected chi connectivity index (χ0v) is 19.9. The Bertz CT molecular complexity index is 975. The van der Waals surface area contributed by atoms with Crippen molar-refractivity contribution in [2.24, 2.45) is 0 Å². The van der Waals surface area contributed by atoms with E-state index >= 15 is 0 Å². The number of nitrogens with one attached hydrogen (secondary N) is 1. The van der Waals surface area contributed by atoms with E-state index < -0.39 is 6.10 Å². The molecule has 174 valence electrons. The summed E-state index contributed by atoms with van der Waals surface area (Å²) in [5, 5.41) is 13.6. The summed E-state index contributed by atoms with van der Waals surface area (Å²) in [6.07, 6.45) is -0.983. The maximum absolute atomic E-state index is 12.6. The molecule has 0 spiro atoms. The van der Waals surface area contributed by atoms with Crippen molar-refractivity contribution >= 4 is 11.6 Å². The van der Waals surface area contributed by atoms with Gasteiger partial charge in [0.05, 0.1) is 19.3 Å². The molecule has 0 saturated carbocycles. The van der Waals surface area contributed by atoms with Gasteiger partial charge in [-0.1, -0.05) is 78.4 Å². The molecule has 0 aliphatic rings. The van der Waals surface area contributed by atoms with Crippen molar-refractivity contribution in [3.05, 3.63) is 101 Å². The van der Waals surface area contributed by atoms with Crippen molar-refractivity contribution in [1.82, 2.24) is 4.90 Å². The average molecular weight is 447 g/mol. The van der Waals surface area contributed by atoms with Crippen molar-refractivity contribution in [3.8, 4) is 0 Å². The SMILES string of the molecule is Cc1cc(C)c(NC(=O)CN(C)CC(O)COC(c2ccccc2)c2ccccc2)c(C)c1. The number of nitrogens with zero attached hydrogens (tertiary/aromatic N) is 1. The number of anilines is 1. The van der Waals surface area contributed by atoms with E-state index in [0.717, 1.165) is 27.9 Å². The Hall–Kier alpha value is -2.99. The zero-order valence-electron chi connectivity index (χ0n) is 19.9. The number of aryl methyl sites for hydroxylation is 3. The van der Waals surface area contributed by atoms with Gasteiger partial charge in [-0.3, -0.25) is 9.69 Å². The van der Waals surface area contributed by atoms with Gasteiger partial charge >= 0.3 is 0 Å². The van der Waals surface area contributed by atoms with Gasteiger partial charge in [-0.15, -0.1) is 0 Å². The second-order valence-electron chi connectivity index (χ2n) is 8.71. The van der Waals surface area contributed by atoms with Gasteiger partial charge < -0.3 is 15.2 Å². The van der Waals surface area contributed by atoms with Crippen LogP contribution in [0.5, 0.6) is 0 Å². The molecule has 0 aliphatic heterocycles. The van der Waals surface area contributed by atoms with Gasteiger partial charge in [0.2, 0.25) is 5.91 Å². The van der Waals surface area contributed by atoms with Gasteiger partial charge in [0.15, 0.2) is 0 Å². The fourth-order valence-corrected chi connectivity index (χ4v) is 4.13. The third kappa shape index (κ3) is 7.26. The third-order valence-corrected chi connectivity index (χ3v) is 5.54. The predicted octanol–water partition coefficient (Wildman–Crippen LogP) is 4.65. The molecule has 5 nitrogen and oxygen atoms in total. The van der Waals surface area contributed by atoms with Crippen LogP contribution in [0.1, 0.15) is 33.9 Å². The van der Waals surface area contributed by atoms with Gasteiger partial charge in [0.25, 0.3) is 0 Å². The molecular weight excluding hydrogens is 412 g/mol. The van der Waals surface area contributed by atoms with Crippen molar-refractivity contribution in [2.75, 3.05) is 32.1 Å². The number of likely N-dealkylation sites (N-methyl/N-ethyl adjacent to an activating group) is 1. The molecule has 0 heterocycles. The number of carbonyl (C=O) groups is 1. The number of hydrogen-bond donors (Lipinski definition) is 2. The molecule has 0 fully saturated rings. The summed E-state index contributed by atoms with van der Waals surface area (Å²) in [5.74, 6) is -0.105. The van der Waals surface area contributed by atoms with E-state index in [-0.39, 0.29) is 25.2 Å². The Kier molecular flexibility index (Phi) is 8.78. The molecule has 3 rings (SSSR count). The molecule has 1 unspecified atom stereocenters. The highest BCUT2D eigenvalue weighted by Gasteiger charge is 2.18. The number of aliphatic hydroxyl groups is 1. The molecule has 0 aromatic heterocycles. The van der Waals surface area contributed by atoms with Gasteiger partial charge in [0, 0.05) is 12.2 Å². The summed E-state index contributed by atoms with van der Waals surface area (Å²) in [6.45, 7) is 6.71.